The summed E-state index contributed by atoms with van der Waals surface area (Å²) in [6.07, 6.45) is 0. The standard InChI is InChI=1S/C51H31N3OS/c1-4-11-32(12-5-1)33-19-21-36(22-20-33)50-52-49(35-15-8-3-9-16-35)53-51(54-50)39-23-26-41-43-29-37(24-27-45(43)55-46(41)31-39)38-25-28-47-44(30-38)42-18-10-17-40(48(42)56-47)34-13-6-2-7-14-34/h1-31H. The Hall–Kier alpha value is -7.21. The van der Waals surface area contributed by atoms with Crippen LogP contribution in [0.2, 0.25) is 0 Å². The maximum Gasteiger partial charge on any atom is 0.164 e. The zero-order valence-corrected chi connectivity index (χ0v) is 30.9. The number of hydrogen-bond acceptors (Lipinski definition) is 5. The fourth-order valence-electron chi connectivity index (χ4n) is 7.71. The highest BCUT2D eigenvalue weighted by atomic mass is 32.1. The van der Waals surface area contributed by atoms with Crippen molar-refractivity contribution in [1.29, 1.82) is 0 Å². The number of furan rings is 1. The first-order chi connectivity index (χ1) is 27.7. The van der Waals surface area contributed by atoms with E-state index in [1.54, 1.807) is 0 Å². The van der Waals surface area contributed by atoms with E-state index in [0.29, 0.717) is 17.5 Å². The molecule has 0 N–H and O–H groups in total. The van der Waals surface area contributed by atoms with Crippen molar-refractivity contribution in [3.63, 3.8) is 0 Å². The highest BCUT2D eigenvalue weighted by Crippen LogP contribution is 2.42. The topological polar surface area (TPSA) is 51.8 Å². The van der Waals surface area contributed by atoms with E-state index in [2.05, 4.69) is 152 Å². The van der Waals surface area contributed by atoms with E-state index >= 15 is 0 Å². The van der Waals surface area contributed by atoms with Gasteiger partial charge in [-0.3, -0.25) is 0 Å². The molecule has 5 heteroatoms. The molecule has 3 heterocycles. The summed E-state index contributed by atoms with van der Waals surface area (Å²) in [5.41, 5.74) is 11.5. The Kier molecular flexibility index (Phi) is 7.64. The first-order valence-corrected chi connectivity index (χ1v) is 19.5. The average molecular weight is 734 g/mol. The minimum absolute atomic E-state index is 0.593. The Morgan fingerprint density at radius 1 is 0.321 bits per heavy atom. The predicted octanol–water partition coefficient (Wildman–Crippen LogP) is 14.1. The van der Waals surface area contributed by atoms with Crippen LogP contribution in [0.3, 0.4) is 0 Å². The maximum absolute atomic E-state index is 6.49. The molecule has 0 aliphatic heterocycles. The molecule has 0 saturated heterocycles. The number of fused-ring (bicyclic) bond motifs is 6. The van der Waals surface area contributed by atoms with Crippen LogP contribution in [0.15, 0.2) is 192 Å². The molecular weight excluding hydrogens is 703 g/mol. The third-order valence-electron chi connectivity index (χ3n) is 10.6. The van der Waals surface area contributed by atoms with Crippen LogP contribution >= 0.6 is 11.3 Å². The van der Waals surface area contributed by atoms with Crippen LogP contribution in [-0.4, -0.2) is 15.0 Å². The second kappa shape index (κ2) is 13.3. The molecule has 11 aromatic rings. The zero-order chi connectivity index (χ0) is 37.0. The highest BCUT2D eigenvalue weighted by Gasteiger charge is 2.16. The van der Waals surface area contributed by atoms with Crippen molar-refractivity contribution in [3.05, 3.63) is 188 Å². The average Bonchev–Trinajstić information content (AvgIpc) is 3.84. The number of rotatable bonds is 6. The summed E-state index contributed by atoms with van der Waals surface area (Å²) < 4.78 is 9.10. The van der Waals surface area contributed by atoms with Gasteiger partial charge in [0.25, 0.3) is 0 Å². The first kappa shape index (κ1) is 32.2. The molecule has 4 nitrogen and oxygen atoms in total. The van der Waals surface area contributed by atoms with Crippen molar-refractivity contribution >= 4 is 53.4 Å². The van der Waals surface area contributed by atoms with Gasteiger partial charge in [0.2, 0.25) is 0 Å². The number of hydrogen-bond donors (Lipinski definition) is 0. The van der Waals surface area contributed by atoms with Gasteiger partial charge in [-0.25, -0.2) is 15.0 Å². The SMILES string of the molecule is c1ccc(-c2ccc(-c3nc(-c4ccccc4)nc(-c4ccc5c(c4)oc4ccc(-c6ccc7sc8c(-c9ccccc9)cccc8c7c6)cc45)n3)cc2)cc1. The lowest BCUT2D eigenvalue weighted by Gasteiger charge is -2.09. The van der Waals surface area contributed by atoms with Gasteiger partial charge in [0.15, 0.2) is 17.5 Å². The molecular formula is C51H31N3OS. The van der Waals surface area contributed by atoms with Crippen molar-refractivity contribution in [2.45, 2.75) is 0 Å². The van der Waals surface area contributed by atoms with E-state index in [1.165, 1.54) is 42.4 Å². The van der Waals surface area contributed by atoms with Crippen LogP contribution in [0.25, 0.3) is 110 Å². The normalized spacial score (nSPS) is 11.6. The molecule has 0 amide bonds. The van der Waals surface area contributed by atoms with Crippen molar-refractivity contribution < 1.29 is 4.42 Å². The highest BCUT2D eigenvalue weighted by molar-refractivity contribution is 7.26. The number of nitrogens with zero attached hydrogens (tertiary/aromatic N) is 3. The monoisotopic (exact) mass is 733 g/mol. The van der Waals surface area contributed by atoms with E-state index in [1.807, 2.05) is 47.7 Å². The Labute approximate surface area is 327 Å². The molecule has 0 bridgehead atoms. The Bertz CT molecular complexity index is 3230. The molecule has 0 fully saturated rings. The fraction of sp³-hybridized carbons (Fsp3) is 0. The number of benzene rings is 8. The van der Waals surface area contributed by atoms with Gasteiger partial charge in [0.1, 0.15) is 11.2 Å². The van der Waals surface area contributed by atoms with Gasteiger partial charge in [-0.05, 0) is 69.8 Å². The fourth-order valence-corrected chi connectivity index (χ4v) is 8.93. The van der Waals surface area contributed by atoms with Gasteiger partial charge >= 0.3 is 0 Å². The minimum Gasteiger partial charge on any atom is -0.456 e. The first-order valence-electron chi connectivity index (χ1n) is 18.7. The molecule has 3 aromatic heterocycles. The number of aromatic nitrogens is 3. The molecule has 0 unspecified atom stereocenters. The summed E-state index contributed by atoms with van der Waals surface area (Å²) in [5, 5.41) is 4.69. The Morgan fingerprint density at radius 2 is 0.857 bits per heavy atom. The lowest BCUT2D eigenvalue weighted by molar-refractivity contribution is 0.669. The van der Waals surface area contributed by atoms with E-state index in [-0.39, 0.29) is 0 Å². The molecule has 262 valence electrons. The summed E-state index contributed by atoms with van der Waals surface area (Å²) >= 11 is 1.86. The zero-order valence-electron chi connectivity index (χ0n) is 30.1. The molecule has 0 atom stereocenters. The van der Waals surface area contributed by atoms with Crippen LogP contribution in [0.5, 0.6) is 0 Å². The van der Waals surface area contributed by atoms with Crippen LogP contribution < -0.4 is 0 Å². The van der Waals surface area contributed by atoms with E-state index in [4.69, 9.17) is 19.4 Å². The Morgan fingerprint density at radius 3 is 1.57 bits per heavy atom. The molecule has 8 aromatic carbocycles. The smallest absolute Gasteiger partial charge is 0.164 e. The lowest BCUT2D eigenvalue weighted by Crippen LogP contribution is -2.00. The van der Waals surface area contributed by atoms with Gasteiger partial charge in [-0.1, -0.05) is 152 Å². The van der Waals surface area contributed by atoms with Crippen LogP contribution in [0.1, 0.15) is 0 Å². The second-order valence-corrected chi connectivity index (χ2v) is 15.1. The van der Waals surface area contributed by atoms with Crippen LogP contribution in [-0.2, 0) is 0 Å². The van der Waals surface area contributed by atoms with E-state index in [9.17, 15) is 0 Å². The van der Waals surface area contributed by atoms with Crippen molar-refractivity contribution in [2.75, 3.05) is 0 Å². The van der Waals surface area contributed by atoms with Crippen LogP contribution in [0.4, 0.5) is 0 Å². The number of thiophene rings is 1. The van der Waals surface area contributed by atoms with E-state index < -0.39 is 0 Å². The van der Waals surface area contributed by atoms with Gasteiger partial charge in [0, 0.05) is 47.6 Å². The van der Waals surface area contributed by atoms with Crippen molar-refractivity contribution in [2.24, 2.45) is 0 Å². The largest absolute Gasteiger partial charge is 0.456 e. The summed E-state index contributed by atoms with van der Waals surface area (Å²) in [6.45, 7) is 0. The Balaban J connectivity index is 0.974. The summed E-state index contributed by atoms with van der Waals surface area (Å²) in [4.78, 5) is 14.9. The lowest BCUT2D eigenvalue weighted by atomic mass is 9.99. The molecule has 56 heavy (non-hydrogen) atoms. The van der Waals surface area contributed by atoms with Gasteiger partial charge in [-0.2, -0.15) is 0 Å². The van der Waals surface area contributed by atoms with Gasteiger partial charge in [-0.15, -0.1) is 11.3 Å². The molecule has 0 radical (unpaired) electrons. The third kappa shape index (κ3) is 5.65. The summed E-state index contributed by atoms with van der Waals surface area (Å²) in [6, 6.07) is 65.7. The molecule has 0 aliphatic carbocycles. The van der Waals surface area contributed by atoms with Crippen molar-refractivity contribution in [3.8, 4) is 67.5 Å². The summed E-state index contributed by atoms with van der Waals surface area (Å²) in [7, 11) is 0. The van der Waals surface area contributed by atoms with E-state index in [0.717, 1.165) is 49.8 Å². The summed E-state index contributed by atoms with van der Waals surface area (Å²) in [5.74, 6) is 1.84. The van der Waals surface area contributed by atoms with Crippen LogP contribution in [0, 0.1) is 0 Å². The van der Waals surface area contributed by atoms with Gasteiger partial charge in [0.05, 0.1) is 0 Å². The third-order valence-corrected chi connectivity index (χ3v) is 11.8. The quantitative estimate of drug-likeness (QED) is 0.171. The minimum atomic E-state index is 0.593. The molecule has 0 aliphatic rings. The second-order valence-electron chi connectivity index (χ2n) is 14.0. The van der Waals surface area contributed by atoms with Crippen molar-refractivity contribution in [1.82, 2.24) is 15.0 Å². The molecule has 0 saturated carbocycles. The predicted molar refractivity (Wildman–Crippen MR) is 233 cm³/mol. The maximum atomic E-state index is 6.49. The molecule has 11 rings (SSSR count). The molecule has 0 spiro atoms. The van der Waals surface area contributed by atoms with Gasteiger partial charge < -0.3 is 4.42 Å².